The molecule has 2 unspecified atom stereocenters. The molecule has 1 aromatic heterocycles. The number of aromatic nitrogens is 2. The normalized spacial score (nSPS) is 17.1. The van der Waals surface area contributed by atoms with Gasteiger partial charge in [0.1, 0.15) is 0 Å². The highest BCUT2D eigenvalue weighted by Crippen LogP contribution is 2.19. The zero-order valence-corrected chi connectivity index (χ0v) is 11.6. The van der Waals surface area contributed by atoms with E-state index in [1.807, 2.05) is 40.2 Å². The van der Waals surface area contributed by atoms with Gasteiger partial charge in [-0.3, -0.25) is 4.68 Å². The van der Waals surface area contributed by atoms with Crippen LogP contribution in [0.3, 0.4) is 0 Å². The average Bonchev–Trinajstić information content (AvgIpc) is 2.65. The van der Waals surface area contributed by atoms with Gasteiger partial charge in [-0.15, -0.1) is 0 Å². The number of rotatable bonds is 6. The molecule has 0 amide bonds. The van der Waals surface area contributed by atoms with E-state index in [2.05, 4.69) is 17.3 Å². The lowest BCUT2D eigenvalue weighted by atomic mass is 9.92. The van der Waals surface area contributed by atoms with Crippen molar-refractivity contribution < 1.29 is 5.11 Å². The van der Waals surface area contributed by atoms with E-state index in [0.717, 1.165) is 6.42 Å². The Kier molecular flexibility index (Phi) is 4.71. The topological polar surface area (TPSA) is 50.1 Å². The third-order valence-electron chi connectivity index (χ3n) is 3.49. The number of hydrogen-bond acceptors (Lipinski definition) is 3. The average molecular weight is 239 g/mol. The molecule has 4 heteroatoms. The fraction of sp³-hybridized carbons (Fsp3) is 0.769. The van der Waals surface area contributed by atoms with Gasteiger partial charge in [0.2, 0.25) is 0 Å². The maximum Gasteiger partial charge on any atom is 0.0766 e. The van der Waals surface area contributed by atoms with Crippen molar-refractivity contribution in [3.8, 4) is 0 Å². The second-order valence-electron chi connectivity index (χ2n) is 5.30. The Morgan fingerprint density at radius 2 is 2.18 bits per heavy atom. The number of hydrogen-bond donors (Lipinski definition) is 2. The first-order valence-electron chi connectivity index (χ1n) is 6.31. The van der Waals surface area contributed by atoms with Crippen LogP contribution in [0.4, 0.5) is 0 Å². The summed E-state index contributed by atoms with van der Waals surface area (Å²) in [6.45, 7) is 8.67. The van der Waals surface area contributed by atoms with Gasteiger partial charge in [0.25, 0.3) is 0 Å². The Labute approximate surface area is 104 Å². The van der Waals surface area contributed by atoms with Crippen LogP contribution in [0.15, 0.2) is 12.4 Å². The summed E-state index contributed by atoms with van der Waals surface area (Å²) in [6.07, 6.45) is 4.89. The van der Waals surface area contributed by atoms with E-state index in [1.165, 1.54) is 5.56 Å². The summed E-state index contributed by atoms with van der Waals surface area (Å²) in [5.74, 6) is 0.237. The van der Waals surface area contributed by atoms with E-state index >= 15 is 0 Å². The largest absolute Gasteiger partial charge is 0.389 e. The fourth-order valence-corrected chi connectivity index (χ4v) is 1.65. The summed E-state index contributed by atoms with van der Waals surface area (Å²) in [5, 5.41) is 17.8. The van der Waals surface area contributed by atoms with Crippen LogP contribution in [0.1, 0.15) is 45.7 Å². The summed E-state index contributed by atoms with van der Waals surface area (Å²) >= 11 is 0. The number of aryl methyl sites for hydroxylation is 1. The maximum absolute atomic E-state index is 10.2. The summed E-state index contributed by atoms with van der Waals surface area (Å²) in [4.78, 5) is 0. The van der Waals surface area contributed by atoms with E-state index in [-0.39, 0.29) is 12.0 Å². The third kappa shape index (κ3) is 3.82. The van der Waals surface area contributed by atoms with Crippen molar-refractivity contribution in [3.05, 3.63) is 18.0 Å². The second-order valence-corrected chi connectivity index (χ2v) is 5.30. The predicted octanol–water partition coefficient (Wildman–Crippen LogP) is 1.87. The number of nitrogens with zero attached hydrogens (tertiary/aromatic N) is 2. The molecule has 4 nitrogen and oxygen atoms in total. The molecule has 0 saturated carbocycles. The van der Waals surface area contributed by atoms with Crippen LogP contribution < -0.4 is 5.32 Å². The molecule has 0 aliphatic heterocycles. The minimum absolute atomic E-state index is 0.237. The van der Waals surface area contributed by atoms with Crippen LogP contribution >= 0.6 is 0 Å². The molecule has 1 aromatic rings. The molecule has 0 aliphatic rings. The molecule has 17 heavy (non-hydrogen) atoms. The van der Waals surface area contributed by atoms with Gasteiger partial charge in [0.15, 0.2) is 0 Å². The standard InChI is InChI=1S/C13H25N3O/c1-6-12(11-7-15-16(5)8-11)14-9-13(4,17)10(2)3/h7-8,10,12,14,17H,6,9H2,1-5H3. The highest BCUT2D eigenvalue weighted by atomic mass is 16.3. The molecule has 1 rings (SSSR count). The predicted molar refractivity (Wildman–Crippen MR) is 69.7 cm³/mol. The van der Waals surface area contributed by atoms with Crippen LogP contribution in [-0.2, 0) is 7.05 Å². The molecule has 1 heterocycles. The monoisotopic (exact) mass is 239 g/mol. The summed E-state index contributed by atoms with van der Waals surface area (Å²) < 4.78 is 1.81. The fourth-order valence-electron chi connectivity index (χ4n) is 1.65. The number of nitrogens with one attached hydrogen (secondary N) is 1. The van der Waals surface area contributed by atoms with Gasteiger partial charge in [-0.05, 0) is 19.3 Å². The first-order valence-corrected chi connectivity index (χ1v) is 6.31. The van der Waals surface area contributed by atoms with Gasteiger partial charge in [-0.2, -0.15) is 5.10 Å². The summed E-state index contributed by atoms with van der Waals surface area (Å²) in [6, 6.07) is 0.258. The van der Waals surface area contributed by atoms with E-state index < -0.39 is 5.60 Å². The molecule has 0 saturated heterocycles. The van der Waals surface area contributed by atoms with Gasteiger partial charge < -0.3 is 10.4 Å². The highest BCUT2D eigenvalue weighted by Gasteiger charge is 2.25. The minimum Gasteiger partial charge on any atom is -0.389 e. The first kappa shape index (κ1) is 14.2. The van der Waals surface area contributed by atoms with Crippen molar-refractivity contribution in [3.63, 3.8) is 0 Å². The van der Waals surface area contributed by atoms with Crippen LogP contribution in [0.2, 0.25) is 0 Å². The van der Waals surface area contributed by atoms with E-state index in [0.29, 0.717) is 6.54 Å². The van der Waals surface area contributed by atoms with Gasteiger partial charge in [0.05, 0.1) is 11.8 Å². The van der Waals surface area contributed by atoms with Crippen LogP contribution in [-0.4, -0.2) is 27.0 Å². The Hall–Kier alpha value is -0.870. The molecule has 2 N–H and O–H groups in total. The SMILES string of the molecule is CCC(NCC(C)(O)C(C)C)c1cnn(C)c1. The second kappa shape index (κ2) is 5.65. The first-order chi connectivity index (χ1) is 7.86. The summed E-state index contributed by atoms with van der Waals surface area (Å²) in [7, 11) is 1.92. The molecule has 0 spiro atoms. The Balaban J connectivity index is 2.60. The molecule has 2 atom stereocenters. The molecule has 0 radical (unpaired) electrons. The lowest BCUT2D eigenvalue weighted by molar-refractivity contribution is 0.0116. The quantitative estimate of drug-likeness (QED) is 0.797. The summed E-state index contributed by atoms with van der Waals surface area (Å²) in [5.41, 5.74) is 0.505. The molecule has 98 valence electrons. The number of aliphatic hydroxyl groups is 1. The molecule has 0 bridgehead atoms. The van der Waals surface area contributed by atoms with Crippen molar-refractivity contribution in [2.45, 2.75) is 45.8 Å². The van der Waals surface area contributed by atoms with Crippen LogP contribution in [0.5, 0.6) is 0 Å². The van der Waals surface area contributed by atoms with E-state index in [1.54, 1.807) is 4.68 Å². The highest BCUT2D eigenvalue weighted by molar-refractivity contribution is 5.10. The Morgan fingerprint density at radius 3 is 2.59 bits per heavy atom. The van der Waals surface area contributed by atoms with Crippen LogP contribution in [0.25, 0.3) is 0 Å². The van der Waals surface area contributed by atoms with Crippen molar-refractivity contribution in [2.24, 2.45) is 13.0 Å². The zero-order chi connectivity index (χ0) is 13.1. The van der Waals surface area contributed by atoms with E-state index in [4.69, 9.17) is 0 Å². The minimum atomic E-state index is -0.671. The zero-order valence-electron chi connectivity index (χ0n) is 11.6. The van der Waals surface area contributed by atoms with Gasteiger partial charge >= 0.3 is 0 Å². The molecule has 0 fully saturated rings. The lowest BCUT2D eigenvalue weighted by Gasteiger charge is -2.30. The van der Waals surface area contributed by atoms with Crippen molar-refractivity contribution in [1.82, 2.24) is 15.1 Å². The van der Waals surface area contributed by atoms with Crippen molar-refractivity contribution in [2.75, 3.05) is 6.54 Å². The Morgan fingerprint density at radius 1 is 1.53 bits per heavy atom. The smallest absolute Gasteiger partial charge is 0.0766 e. The Bertz CT molecular complexity index is 344. The van der Waals surface area contributed by atoms with Gasteiger partial charge in [-0.1, -0.05) is 20.8 Å². The molecular formula is C13H25N3O. The van der Waals surface area contributed by atoms with Gasteiger partial charge in [0, 0.05) is 31.4 Å². The van der Waals surface area contributed by atoms with Crippen molar-refractivity contribution in [1.29, 1.82) is 0 Å². The molecule has 0 aromatic carbocycles. The molecule has 0 aliphatic carbocycles. The van der Waals surface area contributed by atoms with Crippen molar-refractivity contribution >= 4 is 0 Å². The molecular weight excluding hydrogens is 214 g/mol. The third-order valence-corrected chi connectivity index (χ3v) is 3.49. The lowest BCUT2D eigenvalue weighted by Crippen LogP contribution is -2.43. The van der Waals surface area contributed by atoms with Crippen LogP contribution in [0, 0.1) is 5.92 Å². The maximum atomic E-state index is 10.2. The van der Waals surface area contributed by atoms with Gasteiger partial charge in [-0.25, -0.2) is 0 Å². The van der Waals surface area contributed by atoms with E-state index in [9.17, 15) is 5.11 Å².